The second kappa shape index (κ2) is 6.38. The lowest BCUT2D eigenvalue weighted by atomic mass is 10.2. The number of allylic oxidation sites excluding steroid dienone is 2. The number of hydrogen-bond acceptors (Lipinski definition) is 0. The van der Waals surface area contributed by atoms with Crippen LogP contribution in [-0.2, 0) is 0 Å². The van der Waals surface area contributed by atoms with Crippen LogP contribution < -0.4 is 5.19 Å². The number of benzene rings is 1. The quantitative estimate of drug-likeness (QED) is 0.489. The molecule has 0 N–H and O–H groups in total. The van der Waals surface area contributed by atoms with Crippen LogP contribution in [0.15, 0.2) is 55.6 Å². The van der Waals surface area contributed by atoms with Crippen LogP contribution in [0.3, 0.4) is 0 Å². The topological polar surface area (TPSA) is 0 Å². The number of rotatable bonds is 6. The molecule has 0 saturated heterocycles. The summed E-state index contributed by atoms with van der Waals surface area (Å²) in [6.07, 6.45) is 6.17. The molecule has 0 saturated carbocycles. The summed E-state index contributed by atoms with van der Waals surface area (Å²) in [5.74, 6) is 0. The van der Waals surface area contributed by atoms with Crippen molar-refractivity contribution in [1.29, 1.82) is 0 Å². The Balaban J connectivity index is 2.54. The molecule has 0 fully saturated rings. The van der Waals surface area contributed by atoms with Crippen LogP contribution in [-0.4, -0.2) is 9.52 Å². The van der Waals surface area contributed by atoms with Gasteiger partial charge in [-0.2, -0.15) is 0 Å². The zero-order chi connectivity index (χ0) is 10.2. The first-order chi connectivity index (χ1) is 6.86. The average molecular weight is 200 g/mol. The normalized spacial score (nSPS) is 10.1. The molecule has 0 aliphatic rings. The lowest BCUT2D eigenvalue weighted by Gasteiger charge is -2.11. The Morgan fingerprint density at radius 2 is 1.64 bits per heavy atom. The maximum atomic E-state index is 3.79. The summed E-state index contributed by atoms with van der Waals surface area (Å²) in [5, 5.41) is 1.43. The van der Waals surface area contributed by atoms with Crippen molar-refractivity contribution in [2.24, 2.45) is 0 Å². The van der Waals surface area contributed by atoms with Crippen LogP contribution in [0.1, 0.15) is 12.8 Å². The summed E-state index contributed by atoms with van der Waals surface area (Å²) in [5.41, 5.74) is 0.687. The van der Waals surface area contributed by atoms with Gasteiger partial charge in [0.05, 0.1) is 9.52 Å². The molecule has 0 aliphatic heterocycles. The van der Waals surface area contributed by atoms with Gasteiger partial charge in [0.15, 0.2) is 0 Å². The highest BCUT2D eigenvalue weighted by Gasteiger charge is 2.06. The molecule has 1 aromatic rings. The van der Waals surface area contributed by atoms with Gasteiger partial charge >= 0.3 is 0 Å². The van der Waals surface area contributed by atoms with E-state index in [0.717, 1.165) is 22.4 Å². The second-order valence-electron chi connectivity index (χ2n) is 3.26. The zero-order valence-electron chi connectivity index (χ0n) is 8.45. The Kier molecular flexibility index (Phi) is 5.01. The molecule has 0 aliphatic carbocycles. The third-order valence-electron chi connectivity index (χ3n) is 2.05. The van der Waals surface area contributed by atoms with E-state index in [1.54, 1.807) is 0 Å². The van der Waals surface area contributed by atoms with Crippen LogP contribution in [0.4, 0.5) is 0 Å². The summed E-state index contributed by atoms with van der Waals surface area (Å²) in [4.78, 5) is 0. The van der Waals surface area contributed by atoms with Crippen LogP contribution in [0.5, 0.6) is 0 Å². The largest absolute Gasteiger partial charge is 0.103 e. The molecule has 14 heavy (non-hydrogen) atoms. The van der Waals surface area contributed by atoms with E-state index >= 15 is 0 Å². The lowest BCUT2D eigenvalue weighted by Crippen LogP contribution is -2.18. The van der Waals surface area contributed by atoms with Gasteiger partial charge in [-0.1, -0.05) is 47.7 Å². The maximum absolute atomic E-state index is 3.79. The SMILES string of the molecule is C=CCC(CC=C)[Si]c1ccccc1. The third kappa shape index (κ3) is 3.75. The van der Waals surface area contributed by atoms with Crippen molar-refractivity contribution in [3.8, 4) is 0 Å². The predicted molar refractivity (Wildman–Crippen MR) is 65.2 cm³/mol. The standard InChI is InChI=1S/C13H16Si/c1-3-8-12(9-4-2)14-13-10-6-5-7-11-13/h3-7,10-12H,1-2,8-9H2. The van der Waals surface area contributed by atoms with Crippen molar-refractivity contribution in [2.75, 3.05) is 0 Å². The molecular formula is C13H16Si. The van der Waals surface area contributed by atoms with E-state index in [-0.39, 0.29) is 0 Å². The van der Waals surface area contributed by atoms with Crippen LogP contribution in [0, 0.1) is 0 Å². The van der Waals surface area contributed by atoms with E-state index in [4.69, 9.17) is 0 Å². The van der Waals surface area contributed by atoms with E-state index in [1.807, 2.05) is 12.2 Å². The van der Waals surface area contributed by atoms with Crippen molar-refractivity contribution < 1.29 is 0 Å². The highest BCUT2D eigenvalue weighted by molar-refractivity contribution is 6.55. The molecule has 2 radical (unpaired) electrons. The Hall–Kier alpha value is -1.08. The van der Waals surface area contributed by atoms with E-state index in [0.29, 0.717) is 5.54 Å². The molecule has 1 rings (SSSR count). The summed E-state index contributed by atoms with van der Waals surface area (Å²) in [6.45, 7) is 7.59. The first kappa shape index (κ1) is 11.0. The summed E-state index contributed by atoms with van der Waals surface area (Å²) in [7, 11) is 0.867. The van der Waals surface area contributed by atoms with Gasteiger partial charge in [-0.25, -0.2) is 0 Å². The predicted octanol–water partition coefficient (Wildman–Crippen LogP) is 2.96. The fraction of sp³-hybridized carbons (Fsp3) is 0.231. The fourth-order valence-corrected chi connectivity index (χ4v) is 2.81. The summed E-state index contributed by atoms with van der Waals surface area (Å²) >= 11 is 0. The Morgan fingerprint density at radius 3 is 2.14 bits per heavy atom. The van der Waals surface area contributed by atoms with Gasteiger partial charge < -0.3 is 0 Å². The van der Waals surface area contributed by atoms with E-state index < -0.39 is 0 Å². The zero-order valence-corrected chi connectivity index (χ0v) is 9.45. The lowest BCUT2D eigenvalue weighted by molar-refractivity contribution is 0.859. The van der Waals surface area contributed by atoms with E-state index in [9.17, 15) is 0 Å². The van der Waals surface area contributed by atoms with Crippen LogP contribution in [0.25, 0.3) is 0 Å². The van der Waals surface area contributed by atoms with Crippen molar-refractivity contribution >= 4 is 14.7 Å². The van der Waals surface area contributed by atoms with Gasteiger partial charge in [-0.15, -0.1) is 13.2 Å². The monoisotopic (exact) mass is 200 g/mol. The minimum Gasteiger partial charge on any atom is -0.103 e. The van der Waals surface area contributed by atoms with Crippen LogP contribution >= 0.6 is 0 Å². The first-order valence-electron chi connectivity index (χ1n) is 4.90. The molecule has 0 aromatic heterocycles. The smallest absolute Gasteiger partial charge is 0.0848 e. The highest BCUT2D eigenvalue weighted by Crippen LogP contribution is 2.14. The second-order valence-corrected chi connectivity index (χ2v) is 4.94. The Morgan fingerprint density at radius 1 is 1.07 bits per heavy atom. The van der Waals surface area contributed by atoms with Gasteiger partial charge in [0.2, 0.25) is 0 Å². The minimum absolute atomic E-state index is 0.687. The van der Waals surface area contributed by atoms with Gasteiger partial charge in [0.25, 0.3) is 0 Å². The van der Waals surface area contributed by atoms with Crippen molar-refractivity contribution in [2.45, 2.75) is 18.4 Å². The Bertz CT molecular complexity index is 267. The highest BCUT2D eigenvalue weighted by atomic mass is 28.2. The molecule has 1 aromatic carbocycles. The molecule has 1 heteroatoms. The maximum Gasteiger partial charge on any atom is 0.0848 e. The molecule has 0 bridgehead atoms. The molecule has 0 unspecified atom stereocenters. The number of hydrogen-bond donors (Lipinski definition) is 0. The van der Waals surface area contributed by atoms with Crippen molar-refractivity contribution in [3.05, 3.63) is 55.6 Å². The van der Waals surface area contributed by atoms with Gasteiger partial charge in [0, 0.05) is 0 Å². The Labute approximate surface area is 89.2 Å². The average Bonchev–Trinajstić information content (AvgIpc) is 2.20. The third-order valence-corrected chi connectivity index (χ3v) is 3.59. The molecule has 0 heterocycles. The molecule has 0 nitrogen and oxygen atoms in total. The molecule has 72 valence electrons. The molecular weight excluding hydrogens is 184 g/mol. The van der Waals surface area contributed by atoms with Gasteiger partial charge in [-0.05, 0) is 18.4 Å². The minimum atomic E-state index is 0.687. The first-order valence-corrected chi connectivity index (χ1v) is 5.98. The molecule has 0 spiro atoms. The van der Waals surface area contributed by atoms with Crippen molar-refractivity contribution in [3.63, 3.8) is 0 Å². The fourth-order valence-electron chi connectivity index (χ4n) is 1.39. The van der Waals surface area contributed by atoms with E-state index in [1.165, 1.54) is 5.19 Å². The molecule has 0 amide bonds. The van der Waals surface area contributed by atoms with E-state index in [2.05, 4.69) is 43.5 Å². The van der Waals surface area contributed by atoms with Crippen LogP contribution in [0.2, 0.25) is 5.54 Å². The van der Waals surface area contributed by atoms with Gasteiger partial charge in [0.1, 0.15) is 0 Å². The summed E-state index contributed by atoms with van der Waals surface area (Å²) in [6, 6.07) is 10.6. The molecule has 0 atom stereocenters. The van der Waals surface area contributed by atoms with Gasteiger partial charge in [-0.3, -0.25) is 0 Å². The van der Waals surface area contributed by atoms with Crippen molar-refractivity contribution in [1.82, 2.24) is 0 Å². The summed E-state index contributed by atoms with van der Waals surface area (Å²) < 4.78 is 0.